The molecule has 3 aromatic rings. The van der Waals surface area contributed by atoms with Gasteiger partial charge >= 0.3 is 5.97 Å². The van der Waals surface area contributed by atoms with Crippen LogP contribution in [0.5, 0.6) is 5.75 Å². The van der Waals surface area contributed by atoms with Crippen molar-refractivity contribution >= 4 is 15.8 Å². The fraction of sp³-hybridized carbons (Fsp3) is 0.174. The van der Waals surface area contributed by atoms with Crippen LogP contribution in [0.15, 0.2) is 76.5 Å². The topological polar surface area (TPSA) is 80.7 Å². The van der Waals surface area contributed by atoms with Gasteiger partial charge in [0.25, 0.3) is 0 Å². The van der Waals surface area contributed by atoms with Crippen molar-refractivity contribution in [3.05, 3.63) is 77.9 Å². The summed E-state index contributed by atoms with van der Waals surface area (Å²) in [4.78, 5) is 11.2. The third kappa shape index (κ3) is 4.66. The van der Waals surface area contributed by atoms with Crippen molar-refractivity contribution < 1.29 is 23.1 Å². The molecule has 0 radical (unpaired) electrons. The summed E-state index contributed by atoms with van der Waals surface area (Å²) in [7, 11) is -3.78. The summed E-state index contributed by atoms with van der Waals surface area (Å²) >= 11 is 0. The molecule has 0 aliphatic carbocycles. The maximum atomic E-state index is 13.1. The Morgan fingerprint density at radius 3 is 2.31 bits per heavy atom. The minimum Gasteiger partial charge on any atom is -0.494 e. The van der Waals surface area contributed by atoms with Gasteiger partial charge in [-0.1, -0.05) is 30.3 Å². The summed E-state index contributed by atoms with van der Waals surface area (Å²) < 4.78 is 31.7. The van der Waals surface area contributed by atoms with Crippen LogP contribution in [-0.4, -0.2) is 26.1 Å². The van der Waals surface area contributed by atoms with Gasteiger partial charge in [0.2, 0.25) is 9.84 Å². The number of ether oxygens (including phenoxy) is 1. The number of hydrogen-bond donors (Lipinski definition) is 1. The van der Waals surface area contributed by atoms with Crippen LogP contribution < -0.4 is 4.74 Å². The predicted molar refractivity (Wildman–Crippen MR) is 111 cm³/mol. The normalized spacial score (nSPS) is 11.2. The average molecular weight is 410 g/mol. The van der Waals surface area contributed by atoms with Crippen LogP contribution in [0.2, 0.25) is 0 Å². The molecular weight excluding hydrogens is 388 g/mol. The smallest absolute Gasteiger partial charge is 0.307 e. The zero-order chi connectivity index (χ0) is 21.0. The monoisotopic (exact) mass is 410 g/mol. The van der Waals surface area contributed by atoms with E-state index in [-0.39, 0.29) is 16.2 Å². The lowest BCUT2D eigenvalue weighted by Crippen LogP contribution is -2.05. The van der Waals surface area contributed by atoms with Crippen molar-refractivity contribution in [2.75, 3.05) is 6.61 Å². The second kappa shape index (κ2) is 8.49. The van der Waals surface area contributed by atoms with Crippen LogP contribution in [0.4, 0.5) is 0 Å². The largest absolute Gasteiger partial charge is 0.494 e. The number of benzene rings is 3. The van der Waals surface area contributed by atoms with E-state index < -0.39 is 15.8 Å². The molecule has 150 valence electrons. The van der Waals surface area contributed by atoms with Crippen LogP contribution in [-0.2, 0) is 21.1 Å². The van der Waals surface area contributed by atoms with Crippen LogP contribution in [0, 0.1) is 6.92 Å². The molecule has 3 aromatic carbocycles. The van der Waals surface area contributed by atoms with Gasteiger partial charge in [0.1, 0.15) is 5.75 Å². The summed E-state index contributed by atoms with van der Waals surface area (Å²) in [5.74, 6) is -0.236. The highest BCUT2D eigenvalue weighted by Crippen LogP contribution is 2.30. The molecule has 3 rings (SSSR count). The maximum absolute atomic E-state index is 13.1. The Bertz CT molecular complexity index is 1150. The SMILES string of the molecule is CCOc1ccc(-c2cccc(S(=O)(=O)c3cccc(CC(=O)O)c3)c2)c(C)c1. The Balaban J connectivity index is 2.00. The molecule has 0 fully saturated rings. The van der Waals surface area contributed by atoms with Crippen molar-refractivity contribution in [3.8, 4) is 16.9 Å². The fourth-order valence-electron chi connectivity index (χ4n) is 3.18. The Labute approximate surface area is 170 Å². The van der Waals surface area contributed by atoms with Gasteiger partial charge in [0.15, 0.2) is 0 Å². The van der Waals surface area contributed by atoms with Gasteiger partial charge in [-0.2, -0.15) is 0 Å². The van der Waals surface area contributed by atoms with Crippen LogP contribution in [0.1, 0.15) is 18.1 Å². The Morgan fingerprint density at radius 2 is 1.66 bits per heavy atom. The first-order chi connectivity index (χ1) is 13.8. The molecule has 0 amide bonds. The third-order valence-corrected chi connectivity index (χ3v) is 6.28. The highest BCUT2D eigenvalue weighted by molar-refractivity contribution is 7.91. The van der Waals surface area contributed by atoms with Gasteiger partial charge in [-0.05, 0) is 72.5 Å². The molecule has 0 aliphatic rings. The number of carbonyl (C=O) groups is 1. The summed E-state index contributed by atoms with van der Waals surface area (Å²) in [5, 5.41) is 8.96. The molecule has 5 nitrogen and oxygen atoms in total. The number of aliphatic carboxylic acids is 1. The van der Waals surface area contributed by atoms with E-state index in [0.29, 0.717) is 12.2 Å². The van der Waals surface area contributed by atoms with Gasteiger partial charge in [0, 0.05) is 0 Å². The number of carboxylic acids is 1. The van der Waals surface area contributed by atoms with Crippen molar-refractivity contribution in [2.24, 2.45) is 0 Å². The predicted octanol–water partition coefficient (Wildman–Crippen LogP) is 4.52. The molecule has 0 atom stereocenters. The maximum Gasteiger partial charge on any atom is 0.307 e. The molecule has 0 aliphatic heterocycles. The Hall–Kier alpha value is -3.12. The lowest BCUT2D eigenvalue weighted by molar-refractivity contribution is -0.136. The minimum absolute atomic E-state index is 0.0804. The summed E-state index contributed by atoms with van der Waals surface area (Å²) in [5.41, 5.74) is 3.13. The van der Waals surface area contributed by atoms with E-state index in [9.17, 15) is 13.2 Å². The third-order valence-electron chi connectivity index (χ3n) is 4.53. The molecule has 0 unspecified atom stereocenters. The molecule has 29 heavy (non-hydrogen) atoms. The van der Waals surface area contributed by atoms with Gasteiger partial charge in [0.05, 0.1) is 22.8 Å². The van der Waals surface area contributed by atoms with Crippen molar-refractivity contribution in [1.82, 2.24) is 0 Å². The second-order valence-electron chi connectivity index (χ2n) is 6.66. The zero-order valence-electron chi connectivity index (χ0n) is 16.3. The van der Waals surface area contributed by atoms with E-state index in [0.717, 1.165) is 22.4 Å². The molecule has 0 saturated carbocycles. The molecular formula is C23H22O5S. The Kier molecular flexibility index (Phi) is 6.03. The van der Waals surface area contributed by atoms with Gasteiger partial charge in [-0.15, -0.1) is 0 Å². The average Bonchev–Trinajstić information content (AvgIpc) is 2.68. The van der Waals surface area contributed by atoms with E-state index in [1.54, 1.807) is 30.3 Å². The molecule has 0 heterocycles. The van der Waals surface area contributed by atoms with Gasteiger partial charge in [-0.25, -0.2) is 8.42 Å². The second-order valence-corrected chi connectivity index (χ2v) is 8.61. The minimum atomic E-state index is -3.78. The van der Waals surface area contributed by atoms with E-state index in [1.807, 2.05) is 38.1 Å². The van der Waals surface area contributed by atoms with E-state index in [1.165, 1.54) is 12.1 Å². The number of aryl methyl sites for hydroxylation is 1. The highest BCUT2D eigenvalue weighted by atomic mass is 32.2. The van der Waals surface area contributed by atoms with E-state index in [2.05, 4.69) is 0 Å². The van der Waals surface area contributed by atoms with Crippen molar-refractivity contribution in [3.63, 3.8) is 0 Å². The lowest BCUT2D eigenvalue weighted by atomic mass is 10.0. The van der Waals surface area contributed by atoms with Gasteiger partial charge < -0.3 is 9.84 Å². The molecule has 0 saturated heterocycles. The first kappa shape index (κ1) is 20.6. The number of sulfone groups is 1. The van der Waals surface area contributed by atoms with E-state index >= 15 is 0 Å². The van der Waals surface area contributed by atoms with Crippen LogP contribution in [0.25, 0.3) is 11.1 Å². The zero-order valence-corrected chi connectivity index (χ0v) is 17.1. The summed E-state index contributed by atoms with van der Waals surface area (Å²) in [6.45, 7) is 4.45. The van der Waals surface area contributed by atoms with E-state index in [4.69, 9.17) is 9.84 Å². The molecule has 6 heteroatoms. The number of carboxylic acid groups (broad SMARTS) is 1. The highest BCUT2D eigenvalue weighted by Gasteiger charge is 2.19. The quantitative estimate of drug-likeness (QED) is 0.619. The number of rotatable bonds is 7. The fourth-order valence-corrected chi connectivity index (χ4v) is 4.56. The summed E-state index contributed by atoms with van der Waals surface area (Å²) in [6, 6.07) is 18.5. The van der Waals surface area contributed by atoms with Crippen LogP contribution >= 0.6 is 0 Å². The Morgan fingerprint density at radius 1 is 0.966 bits per heavy atom. The van der Waals surface area contributed by atoms with Crippen LogP contribution in [0.3, 0.4) is 0 Å². The van der Waals surface area contributed by atoms with Crippen molar-refractivity contribution in [1.29, 1.82) is 0 Å². The first-order valence-electron chi connectivity index (χ1n) is 9.21. The standard InChI is InChI=1S/C23H22O5S/c1-3-28-19-10-11-22(16(2)12-19)18-7-5-9-21(15-18)29(26,27)20-8-4-6-17(13-20)14-23(24)25/h4-13,15H,3,14H2,1-2H3,(H,24,25). The summed E-state index contributed by atoms with van der Waals surface area (Å²) in [6.07, 6.45) is -0.227. The number of hydrogen-bond acceptors (Lipinski definition) is 4. The molecule has 1 N–H and O–H groups in total. The molecule has 0 spiro atoms. The van der Waals surface area contributed by atoms with Crippen molar-refractivity contribution in [2.45, 2.75) is 30.1 Å². The lowest BCUT2D eigenvalue weighted by Gasteiger charge is -2.11. The molecule has 0 aromatic heterocycles. The van der Waals surface area contributed by atoms with Gasteiger partial charge in [-0.3, -0.25) is 4.79 Å². The first-order valence-corrected chi connectivity index (χ1v) is 10.7. The molecule has 0 bridgehead atoms.